The van der Waals surface area contributed by atoms with Crippen molar-refractivity contribution in [3.63, 3.8) is 0 Å². The summed E-state index contributed by atoms with van der Waals surface area (Å²) in [5.74, 6) is 0.00249. The lowest BCUT2D eigenvalue weighted by Crippen LogP contribution is -2.17. The molecule has 1 aromatic heterocycles. The lowest BCUT2D eigenvalue weighted by Gasteiger charge is -2.18. The van der Waals surface area contributed by atoms with Crippen LogP contribution in [0.1, 0.15) is 13.8 Å². The van der Waals surface area contributed by atoms with Gasteiger partial charge in [-0.1, -0.05) is 6.07 Å². The minimum Gasteiger partial charge on any atom is -0.461 e. The summed E-state index contributed by atoms with van der Waals surface area (Å²) in [6, 6.07) is 6.24. The molecule has 0 fully saturated rings. The summed E-state index contributed by atoms with van der Waals surface area (Å²) in [6.45, 7) is 3.71. The van der Waals surface area contributed by atoms with Gasteiger partial charge >= 0.3 is 6.01 Å². The summed E-state index contributed by atoms with van der Waals surface area (Å²) >= 11 is 0. The number of hydrogen-bond donors (Lipinski definition) is 1. The third kappa shape index (κ3) is 3.31. The van der Waals surface area contributed by atoms with Crippen molar-refractivity contribution in [3.8, 4) is 6.01 Å². The van der Waals surface area contributed by atoms with Crippen molar-refractivity contribution in [2.75, 3.05) is 17.7 Å². The Morgan fingerprint density at radius 3 is 2.65 bits per heavy atom. The number of nitrogens with zero attached hydrogens (tertiary/aromatic N) is 4. The van der Waals surface area contributed by atoms with Gasteiger partial charge in [0, 0.05) is 12.7 Å². The summed E-state index contributed by atoms with van der Waals surface area (Å²) in [7, 11) is 1.71. The lowest BCUT2D eigenvalue weighted by atomic mass is 10.3. The molecule has 0 saturated carbocycles. The zero-order valence-electron chi connectivity index (χ0n) is 11.5. The van der Waals surface area contributed by atoms with Crippen LogP contribution in [0.2, 0.25) is 0 Å². The fourth-order valence-corrected chi connectivity index (χ4v) is 1.57. The second-order valence-corrected chi connectivity index (χ2v) is 4.48. The fraction of sp³-hybridized carbons (Fsp3) is 0.308. The van der Waals surface area contributed by atoms with Crippen molar-refractivity contribution >= 4 is 17.6 Å². The Labute approximate surface area is 116 Å². The van der Waals surface area contributed by atoms with E-state index >= 15 is 0 Å². The molecular formula is C13H16FN5O. The number of rotatable bonds is 4. The van der Waals surface area contributed by atoms with E-state index in [1.54, 1.807) is 24.1 Å². The zero-order valence-corrected chi connectivity index (χ0v) is 11.5. The van der Waals surface area contributed by atoms with Crippen LogP contribution in [0.5, 0.6) is 6.01 Å². The van der Waals surface area contributed by atoms with Gasteiger partial charge in [0.2, 0.25) is 11.9 Å². The van der Waals surface area contributed by atoms with Gasteiger partial charge < -0.3 is 15.4 Å². The molecule has 0 atom stereocenters. The van der Waals surface area contributed by atoms with Crippen LogP contribution in [0.4, 0.5) is 22.0 Å². The molecule has 0 spiro atoms. The molecule has 1 aromatic carbocycles. The van der Waals surface area contributed by atoms with Crippen LogP contribution in [-0.4, -0.2) is 28.1 Å². The molecule has 0 saturated heterocycles. The summed E-state index contributed by atoms with van der Waals surface area (Å²) in [5.41, 5.74) is 6.24. The van der Waals surface area contributed by atoms with E-state index in [0.717, 1.165) is 0 Å². The highest BCUT2D eigenvalue weighted by atomic mass is 19.1. The SMILES string of the molecule is CC(C)Oc1nc(N)nc(N(C)c2cccc(F)c2)n1. The smallest absolute Gasteiger partial charge is 0.323 e. The molecule has 2 rings (SSSR count). The van der Waals surface area contributed by atoms with Gasteiger partial charge in [0.25, 0.3) is 0 Å². The van der Waals surface area contributed by atoms with Crippen LogP contribution in [0.25, 0.3) is 0 Å². The Bertz CT molecular complexity index is 605. The number of anilines is 3. The van der Waals surface area contributed by atoms with Gasteiger partial charge in [0.1, 0.15) is 5.82 Å². The summed E-state index contributed by atoms with van der Waals surface area (Å²) < 4.78 is 18.6. The molecule has 0 unspecified atom stereocenters. The average molecular weight is 277 g/mol. The molecule has 0 radical (unpaired) electrons. The second kappa shape index (κ2) is 5.68. The van der Waals surface area contributed by atoms with Gasteiger partial charge in [-0.05, 0) is 32.0 Å². The molecule has 0 aliphatic heterocycles. The highest BCUT2D eigenvalue weighted by Gasteiger charge is 2.12. The maximum atomic E-state index is 13.2. The Balaban J connectivity index is 2.34. The van der Waals surface area contributed by atoms with E-state index in [1.165, 1.54) is 12.1 Å². The van der Waals surface area contributed by atoms with Gasteiger partial charge in [0.15, 0.2) is 0 Å². The number of halogens is 1. The summed E-state index contributed by atoms with van der Waals surface area (Å²) in [4.78, 5) is 13.7. The van der Waals surface area contributed by atoms with Crippen LogP contribution >= 0.6 is 0 Å². The Morgan fingerprint density at radius 2 is 2.00 bits per heavy atom. The molecule has 0 bridgehead atoms. The van der Waals surface area contributed by atoms with E-state index < -0.39 is 0 Å². The van der Waals surface area contributed by atoms with Crippen molar-refractivity contribution < 1.29 is 9.13 Å². The normalized spacial score (nSPS) is 10.7. The van der Waals surface area contributed by atoms with Gasteiger partial charge in [0.05, 0.1) is 6.10 Å². The number of hydrogen-bond acceptors (Lipinski definition) is 6. The molecule has 20 heavy (non-hydrogen) atoms. The van der Waals surface area contributed by atoms with Crippen molar-refractivity contribution in [2.45, 2.75) is 20.0 Å². The number of aromatic nitrogens is 3. The predicted octanol–water partition coefficient (Wildman–Crippen LogP) is 2.15. The van der Waals surface area contributed by atoms with Crippen LogP contribution in [0, 0.1) is 5.82 Å². The number of benzene rings is 1. The number of nitrogens with two attached hydrogens (primary N) is 1. The molecule has 106 valence electrons. The molecule has 6 nitrogen and oxygen atoms in total. The topological polar surface area (TPSA) is 77.2 Å². The van der Waals surface area contributed by atoms with Gasteiger partial charge in [-0.2, -0.15) is 15.0 Å². The Hall–Kier alpha value is -2.44. The minimum absolute atomic E-state index is 0.0499. The molecule has 1 heterocycles. The highest BCUT2D eigenvalue weighted by Crippen LogP contribution is 2.22. The van der Waals surface area contributed by atoms with Crippen molar-refractivity contribution in [1.82, 2.24) is 15.0 Å². The fourth-order valence-electron chi connectivity index (χ4n) is 1.57. The average Bonchev–Trinajstić information content (AvgIpc) is 2.36. The van der Waals surface area contributed by atoms with Crippen LogP contribution in [-0.2, 0) is 0 Å². The molecule has 0 amide bonds. The second-order valence-electron chi connectivity index (χ2n) is 4.48. The van der Waals surface area contributed by atoms with Crippen LogP contribution in [0.3, 0.4) is 0 Å². The van der Waals surface area contributed by atoms with E-state index in [4.69, 9.17) is 10.5 Å². The minimum atomic E-state index is -0.338. The largest absolute Gasteiger partial charge is 0.461 e. The summed E-state index contributed by atoms with van der Waals surface area (Å²) in [6.07, 6.45) is -0.0795. The standard InChI is InChI=1S/C13H16FN5O/c1-8(2)20-13-17-11(15)16-12(18-13)19(3)10-6-4-5-9(14)7-10/h4-8H,1-3H3,(H2,15,16,17,18). The monoisotopic (exact) mass is 277 g/mol. The first-order valence-corrected chi connectivity index (χ1v) is 6.13. The number of ether oxygens (including phenoxy) is 1. The molecular weight excluding hydrogens is 261 g/mol. The van der Waals surface area contributed by atoms with Crippen LogP contribution < -0.4 is 15.4 Å². The van der Waals surface area contributed by atoms with Crippen LogP contribution in [0.15, 0.2) is 24.3 Å². The first-order valence-electron chi connectivity index (χ1n) is 6.13. The van der Waals surface area contributed by atoms with E-state index in [2.05, 4.69) is 15.0 Å². The molecule has 2 N–H and O–H groups in total. The number of nitrogen functional groups attached to an aromatic ring is 1. The molecule has 0 aliphatic rings. The lowest BCUT2D eigenvalue weighted by molar-refractivity contribution is 0.222. The van der Waals surface area contributed by atoms with E-state index in [1.807, 2.05) is 13.8 Å². The quantitative estimate of drug-likeness (QED) is 0.922. The Morgan fingerprint density at radius 1 is 1.25 bits per heavy atom. The van der Waals surface area contributed by atoms with Gasteiger partial charge in [-0.3, -0.25) is 0 Å². The molecule has 0 aliphatic carbocycles. The van der Waals surface area contributed by atoms with Crippen molar-refractivity contribution in [2.24, 2.45) is 0 Å². The first kappa shape index (κ1) is 14.0. The Kier molecular flexibility index (Phi) is 3.97. The maximum absolute atomic E-state index is 13.2. The third-order valence-electron chi connectivity index (χ3n) is 2.46. The van der Waals surface area contributed by atoms with E-state index in [-0.39, 0.29) is 23.9 Å². The third-order valence-corrected chi connectivity index (χ3v) is 2.46. The van der Waals surface area contributed by atoms with E-state index in [9.17, 15) is 4.39 Å². The first-order chi connectivity index (χ1) is 9.45. The van der Waals surface area contributed by atoms with Gasteiger partial charge in [-0.25, -0.2) is 4.39 Å². The van der Waals surface area contributed by atoms with Gasteiger partial charge in [-0.15, -0.1) is 0 Å². The molecule has 2 aromatic rings. The predicted molar refractivity (Wildman–Crippen MR) is 74.5 cm³/mol. The van der Waals surface area contributed by atoms with Crippen molar-refractivity contribution in [3.05, 3.63) is 30.1 Å². The summed E-state index contributed by atoms with van der Waals surface area (Å²) in [5, 5.41) is 0. The van der Waals surface area contributed by atoms with Crippen molar-refractivity contribution in [1.29, 1.82) is 0 Å². The zero-order chi connectivity index (χ0) is 14.7. The highest BCUT2D eigenvalue weighted by molar-refractivity contribution is 5.56. The maximum Gasteiger partial charge on any atom is 0.323 e. The molecule has 7 heteroatoms. The van der Waals surface area contributed by atoms with E-state index in [0.29, 0.717) is 11.6 Å².